The minimum Gasteiger partial charge on any atom is -0.480 e. The van der Waals surface area contributed by atoms with Crippen LogP contribution >= 0.6 is 11.8 Å². The predicted octanol–water partition coefficient (Wildman–Crippen LogP) is 1.35. The molecule has 19 heavy (non-hydrogen) atoms. The SMILES string of the molecule is O=C(O)C1CSCCN1C(=O)C1Cc2ccccc21. The first-order chi connectivity index (χ1) is 9.18. The third-order valence-electron chi connectivity index (χ3n) is 3.85. The van der Waals surface area contributed by atoms with Crippen LogP contribution in [0.15, 0.2) is 24.3 Å². The molecule has 1 fully saturated rings. The van der Waals surface area contributed by atoms with Crippen LogP contribution in [0.4, 0.5) is 0 Å². The van der Waals surface area contributed by atoms with Crippen LogP contribution in [0.1, 0.15) is 17.0 Å². The Labute approximate surface area is 115 Å². The van der Waals surface area contributed by atoms with E-state index in [0.29, 0.717) is 12.3 Å². The molecule has 0 aromatic heterocycles. The zero-order valence-electron chi connectivity index (χ0n) is 10.4. The molecule has 2 unspecified atom stereocenters. The van der Waals surface area contributed by atoms with Crippen LogP contribution in [0.25, 0.3) is 0 Å². The van der Waals surface area contributed by atoms with E-state index in [1.165, 1.54) is 5.56 Å². The van der Waals surface area contributed by atoms with Crippen LogP contribution in [0.3, 0.4) is 0 Å². The zero-order chi connectivity index (χ0) is 13.4. The monoisotopic (exact) mass is 277 g/mol. The van der Waals surface area contributed by atoms with Gasteiger partial charge in [0.25, 0.3) is 0 Å². The van der Waals surface area contributed by atoms with Crippen molar-refractivity contribution in [2.45, 2.75) is 18.4 Å². The number of carbonyl (C=O) groups is 2. The molecule has 3 rings (SSSR count). The Morgan fingerprint density at radius 3 is 2.84 bits per heavy atom. The molecule has 0 radical (unpaired) electrons. The summed E-state index contributed by atoms with van der Waals surface area (Å²) in [7, 11) is 0. The van der Waals surface area contributed by atoms with E-state index in [9.17, 15) is 14.7 Å². The highest BCUT2D eigenvalue weighted by molar-refractivity contribution is 7.99. The Hall–Kier alpha value is -1.49. The van der Waals surface area contributed by atoms with Crippen molar-refractivity contribution in [1.29, 1.82) is 0 Å². The molecule has 4 nitrogen and oxygen atoms in total. The molecule has 1 aliphatic heterocycles. The number of benzene rings is 1. The van der Waals surface area contributed by atoms with Crippen LogP contribution in [0.5, 0.6) is 0 Å². The maximum absolute atomic E-state index is 12.5. The minimum absolute atomic E-state index is 0.0219. The van der Waals surface area contributed by atoms with E-state index in [1.807, 2.05) is 24.3 Å². The largest absolute Gasteiger partial charge is 0.480 e. The van der Waals surface area contributed by atoms with Gasteiger partial charge in [-0.05, 0) is 17.5 Å². The summed E-state index contributed by atoms with van der Waals surface area (Å²) in [5.41, 5.74) is 2.27. The van der Waals surface area contributed by atoms with E-state index in [1.54, 1.807) is 16.7 Å². The van der Waals surface area contributed by atoms with Crippen LogP contribution in [0, 0.1) is 0 Å². The van der Waals surface area contributed by atoms with Crippen molar-refractivity contribution < 1.29 is 14.7 Å². The maximum atomic E-state index is 12.5. The molecule has 2 aliphatic rings. The summed E-state index contributed by atoms with van der Waals surface area (Å²) in [5.74, 6) is 0.264. The fourth-order valence-electron chi connectivity index (χ4n) is 2.75. The molecule has 1 N–H and O–H groups in total. The van der Waals surface area contributed by atoms with E-state index >= 15 is 0 Å². The number of hydrogen-bond donors (Lipinski definition) is 1. The average molecular weight is 277 g/mol. The molecule has 2 atom stereocenters. The Morgan fingerprint density at radius 2 is 2.11 bits per heavy atom. The molecule has 0 saturated carbocycles. The molecule has 1 aliphatic carbocycles. The number of aliphatic carboxylic acids is 1. The maximum Gasteiger partial charge on any atom is 0.327 e. The lowest BCUT2D eigenvalue weighted by Gasteiger charge is -2.38. The number of thioether (sulfide) groups is 1. The lowest BCUT2D eigenvalue weighted by Crippen LogP contribution is -2.53. The molecule has 0 spiro atoms. The van der Waals surface area contributed by atoms with Crippen LogP contribution < -0.4 is 0 Å². The van der Waals surface area contributed by atoms with E-state index in [4.69, 9.17) is 0 Å². The third-order valence-corrected chi connectivity index (χ3v) is 4.87. The highest BCUT2D eigenvalue weighted by Gasteiger charge is 2.40. The predicted molar refractivity (Wildman–Crippen MR) is 73.3 cm³/mol. The van der Waals surface area contributed by atoms with Gasteiger partial charge in [0.15, 0.2) is 0 Å². The summed E-state index contributed by atoms with van der Waals surface area (Å²) in [4.78, 5) is 25.3. The topological polar surface area (TPSA) is 57.6 Å². The van der Waals surface area contributed by atoms with Gasteiger partial charge in [0.1, 0.15) is 6.04 Å². The molecule has 1 heterocycles. The second kappa shape index (κ2) is 4.89. The first-order valence-electron chi connectivity index (χ1n) is 6.37. The van der Waals surface area contributed by atoms with Gasteiger partial charge in [-0.25, -0.2) is 4.79 Å². The van der Waals surface area contributed by atoms with Crippen LogP contribution in [-0.2, 0) is 16.0 Å². The van der Waals surface area contributed by atoms with E-state index < -0.39 is 12.0 Å². The molecule has 100 valence electrons. The summed E-state index contributed by atoms with van der Waals surface area (Å²) < 4.78 is 0. The summed E-state index contributed by atoms with van der Waals surface area (Å²) in [6, 6.07) is 7.23. The smallest absolute Gasteiger partial charge is 0.327 e. The highest BCUT2D eigenvalue weighted by Crippen LogP contribution is 2.37. The van der Waals surface area contributed by atoms with E-state index in [2.05, 4.69) is 0 Å². The lowest BCUT2D eigenvalue weighted by atomic mass is 9.76. The van der Waals surface area contributed by atoms with Gasteiger partial charge < -0.3 is 10.0 Å². The number of fused-ring (bicyclic) bond motifs is 1. The second-order valence-electron chi connectivity index (χ2n) is 4.92. The highest BCUT2D eigenvalue weighted by atomic mass is 32.2. The van der Waals surface area contributed by atoms with Gasteiger partial charge >= 0.3 is 5.97 Å². The minimum atomic E-state index is -0.895. The number of carboxylic acids is 1. The number of rotatable bonds is 2. The molecule has 1 amide bonds. The van der Waals surface area contributed by atoms with Gasteiger partial charge in [-0.2, -0.15) is 11.8 Å². The summed E-state index contributed by atoms with van der Waals surface area (Å²) >= 11 is 1.60. The number of carboxylic acid groups (broad SMARTS) is 1. The lowest BCUT2D eigenvalue weighted by molar-refractivity contribution is -0.150. The van der Waals surface area contributed by atoms with Crippen molar-refractivity contribution in [2.75, 3.05) is 18.1 Å². The number of hydrogen-bond acceptors (Lipinski definition) is 3. The molecule has 1 aromatic rings. The fraction of sp³-hybridized carbons (Fsp3) is 0.429. The molecular formula is C14H15NO3S. The standard InChI is InChI=1S/C14H15NO3S/c16-13(11-7-9-3-1-2-4-10(9)11)15-5-6-19-8-12(15)14(17)18/h1-4,11-12H,5-8H2,(H,17,18). The first-order valence-corrected chi connectivity index (χ1v) is 7.53. The van der Waals surface area contributed by atoms with Crippen molar-refractivity contribution in [3.63, 3.8) is 0 Å². The Balaban J connectivity index is 1.79. The van der Waals surface area contributed by atoms with Crippen molar-refractivity contribution in [3.05, 3.63) is 35.4 Å². The molecular weight excluding hydrogens is 262 g/mol. The van der Waals surface area contributed by atoms with Crippen molar-refractivity contribution in [3.8, 4) is 0 Å². The zero-order valence-corrected chi connectivity index (χ0v) is 11.2. The fourth-order valence-corrected chi connectivity index (χ4v) is 3.79. The Morgan fingerprint density at radius 1 is 1.32 bits per heavy atom. The van der Waals surface area contributed by atoms with Crippen molar-refractivity contribution in [2.24, 2.45) is 0 Å². The van der Waals surface area contributed by atoms with Gasteiger partial charge in [0.05, 0.1) is 5.92 Å². The quantitative estimate of drug-likeness (QED) is 0.886. The Bertz CT molecular complexity index is 531. The van der Waals surface area contributed by atoms with E-state index in [-0.39, 0.29) is 11.8 Å². The van der Waals surface area contributed by atoms with Gasteiger partial charge in [-0.15, -0.1) is 0 Å². The molecule has 0 bridgehead atoms. The van der Waals surface area contributed by atoms with Gasteiger partial charge in [0, 0.05) is 18.1 Å². The normalized spacial score (nSPS) is 25.4. The first kappa shape index (κ1) is 12.5. The van der Waals surface area contributed by atoms with Crippen LogP contribution in [0.2, 0.25) is 0 Å². The summed E-state index contributed by atoms with van der Waals surface area (Å²) in [6.07, 6.45) is 0.741. The van der Waals surface area contributed by atoms with Gasteiger partial charge in [-0.1, -0.05) is 24.3 Å². The number of nitrogens with zero attached hydrogens (tertiary/aromatic N) is 1. The summed E-state index contributed by atoms with van der Waals surface area (Å²) in [5, 5.41) is 9.22. The molecule has 1 saturated heterocycles. The van der Waals surface area contributed by atoms with Crippen molar-refractivity contribution in [1.82, 2.24) is 4.90 Å². The number of amides is 1. The molecule has 5 heteroatoms. The van der Waals surface area contributed by atoms with Crippen LogP contribution in [-0.4, -0.2) is 46.0 Å². The molecule has 1 aromatic carbocycles. The van der Waals surface area contributed by atoms with Gasteiger partial charge in [-0.3, -0.25) is 4.79 Å². The Kier molecular flexibility index (Phi) is 3.22. The second-order valence-corrected chi connectivity index (χ2v) is 6.07. The third kappa shape index (κ3) is 2.12. The van der Waals surface area contributed by atoms with Gasteiger partial charge in [0.2, 0.25) is 5.91 Å². The average Bonchev–Trinajstić information content (AvgIpc) is 2.40. The van der Waals surface area contributed by atoms with Crippen molar-refractivity contribution >= 4 is 23.6 Å². The van der Waals surface area contributed by atoms with E-state index in [0.717, 1.165) is 17.7 Å². The summed E-state index contributed by atoms with van der Waals surface area (Å²) in [6.45, 7) is 0.541. The number of carbonyl (C=O) groups excluding carboxylic acids is 1.